The minimum atomic E-state index is -0.0109. The van der Waals surface area contributed by atoms with Gasteiger partial charge in [-0.25, -0.2) is 4.98 Å². The van der Waals surface area contributed by atoms with Gasteiger partial charge in [0.15, 0.2) is 5.13 Å². The van der Waals surface area contributed by atoms with E-state index < -0.39 is 0 Å². The number of ether oxygens (including phenoxy) is 1. The molecule has 5 nitrogen and oxygen atoms in total. The molecule has 1 aliphatic heterocycles. The zero-order chi connectivity index (χ0) is 16.5. The van der Waals surface area contributed by atoms with Gasteiger partial charge in [-0.3, -0.25) is 4.79 Å². The minimum absolute atomic E-state index is 0.0109. The predicted molar refractivity (Wildman–Crippen MR) is 96.9 cm³/mol. The molecule has 1 aliphatic rings. The standard InChI is InChI=1S/C18H17N3O2S/c1-23-14-6-4-5-13(9-14)19-17(22)12-10-21(11-12)18-20-15-7-2-3-8-16(15)24-18/h2-9,12H,10-11H2,1H3,(H,19,22). The Hall–Kier alpha value is -2.60. The first-order valence-corrected chi connectivity index (χ1v) is 8.60. The Labute approximate surface area is 143 Å². The summed E-state index contributed by atoms with van der Waals surface area (Å²) in [5, 5.41) is 3.94. The fourth-order valence-corrected chi connectivity index (χ4v) is 3.72. The summed E-state index contributed by atoms with van der Waals surface area (Å²) in [5.41, 5.74) is 1.78. The molecule has 0 saturated carbocycles. The molecule has 1 N–H and O–H groups in total. The molecule has 2 aromatic carbocycles. The van der Waals surface area contributed by atoms with Crippen molar-refractivity contribution in [2.45, 2.75) is 0 Å². The van der Waals surface area contributed by atoms with Crippen molar-refractivity contribution < 1.29 is 9.53 Å². The summed E-state index contributed by atoms with van der Waals surface area (Å²) in [6.07, 6.45) is 0. The molecule has 122 valence electrons. The second-order valence-corrected chi connectivity index (χ2v) is 6.80. The van der Waals surface area contributed by atoms with Crippen LogP contribution < -0.4 is 15.0 Å². The molecule has 1 fully saturated rings. The van der Waals surface area contributed by atoms with Crippen molar-refractivity contribution in [2.75, 3.05) is 30.4 Å². The number of amides is 1. The SMILES string of the molecule is COc1cccc(NC(=O)C2CN(c3nc4ccccc4s3)C2)c1. The Morgan fingerprint density at radius 1 is 1.25 bits per heavy atom. The second-order valence-electron chi connectivity index (χ2n) is 5.79. The number of rotatable bonds is 4. The van der Waals surface area contributed by atoms with Gasteiger partial charge in [0, 0.05) is 24.8 Å². The fraction of sp³-hybridized carbons (Fsp3) is 0.222. The molecule has 1 saturated heterocycles. The van der Waals surface area contributed by atoms with Gasteiger partial charge in [0.2, 0.25) is 5.91 Å². The molecule has 4 rings (SSSR count). The van der Waals surface area contributed by atoms with Crippen molar-refractivity contribution in [3.63, 3.8) is 0 Å². The van der Waals surface area contributed by atoms with Crippen LogP contribution in [0.25, 0.3) is 10.2 Å². The van der Waals surface area contributed by atoms with E-state index in [0.717, 1.165) is 22.1 Å². The van der Waals surface area contributed by atoms with Gasteiger partial charge in [-0.2, -0.15) is 0 Å². The Balaban J connectivity index is 1.38. The number of hydrogen-bond donors (Lipinski definition) is 1. The van der Waals surface area contributed by atoms with E-state index in [2.05, 4.69) is 21.3 Å². The number of methoxy groups -OCH3 is 1. The number of carbonyl (C=O) groups excluding carboxylic acids is 1. The van der Waals surface area contributed by atoms with E-state index in [4.69, 9.17) is 4.74 Å². The van der Waals surface area contributed by atoms with Gasteiger partial charge in [-0.1, -0.05) is 29.5 Å². The van der Waals surface area contributed by atoms with E-state index in [1.165, 1.54) is 4.70 Å². The molecule has 0 aliphatic carbocycles. The van der Waals surface area contributed by atoms with Crippen LogP contribution in [0.1, 0.15) is 0 Å². The number of carbonyl (C=O) groups is 1. The topological polar surface area (TPSA) is 54.5 Å². The van der Waals surface area contributed by atoms with Gasteiger partial charge in [-0.05, 0) is 24.3 Å². The van der Waals surface area contributed by atoms with Gasteiger partial charge < -0.3 is 15.0 Å². The van der Waals surface area contributed by atoms with Crippen LogP contribution in [0.15, 0.2) is 48.5 Å². The van der Waals surface area contributed by atoms with Crippen molar-refractivity contribution in [3.8, 4) is 5.75 Å². The summed E-state index contributed by atoms with van der Waals surface area (Å²) in [6, 6.07) is 15.5. The van der Waals surface area contributed by atoms with E-state index >= 15 is 0 Å². The average molecular weight is 339 g/mol. The van der Waals surface area contributed by atoms with E-state index in [0.29, 0.717) is 13.1 Å². The van der Waals surface area contributed by atoms with E-state index in [1.807, 2.05) is 42.5 Å². The molecule has 1 aromatic heterocycles. The molecule has 0 bridgehead atoms. The van der Waals surface area contributed by atoms with Crippen LogP contribution in [-0.2, 0) is 4.79 Å². The molecule has 0 unspecified atom stereocenters. The average Bonchev–Trinajstić information content (AvgIpc) is 2.97. The van der Waals surface area contributed by atoms with Crippen LogP contribution in [0.4, 0.5) is 10.8 Å². The van der Waals surface area contributed by atoms with Crippen LogP contribution in [0.5, 0.6) is 5.75 Å². The summed E-state index contributed by atoms with van der Waals surface area (Å²) >= 11 is 1.67. The van der Waals surface area contributed by atoms with Crippen molar-refractivity contribution in [1.82, 2.24) is 4.98 Å². The van der Waals surface area contributed by atoms with Gasteiger partial charge in [0.1, 0.15) is 5.75 Å². The maximum atomic E-state index is 12.3. The van der Waals surface area contributed by atoms with E-state index in [9.17, 15) is 4.79 Å². The largest absolute Gasteiger partial charge is 0.497 e. The third-order valence-corrected chi connectivity index (χ3v) is 5.24. The number of para-hydroxylation sites is 1. The highest BCUT2D eigenvalue weighted by atomic mass is 32.1. The summed E-state index contributed by atoms with van der Waals surface area (Å²) in [5.74, 6) is 0.765. The summed E-state index contributed by atoms with van der Waals surface area (Å²) < 4.78 is 6.35. The molecular weight excluding hydrogens is 322 g/mol. The number of thiazole rings is 1. The molecule has 1 amide bonds. The van der Waals surface area contributed by atoms with Gasteiger partial charge in [-0.15, -0.1) is 0 Å². The lowest BCUT2D eigenvalue weighted by molar-refractivity contribution is -0.120. The first kappa shape index (κ1) is 15.0. The maximum absolute atomic E-state index is 12.3. The van der Waals surface area contributed by atoms with Crippen LogP contribution in [0.3, 0.4) is 0 Å². The van der Waals surface area contributed by atoms with Crippen LogP contribution in [0, 0.1) is 5.92 Å². The molecular formula is C18H17N3O2S. The summed E-state index contributed by atoms with van der Waals surface area (Å²) in [6.45, 7) is 1.41. The highest BCUT2D eigenvalue weighted by Crippen LogP contribution is 2.33. The second kappa shape index (κ2) is 6.13. The molecule has 2 heterocycles. The molecule has 3 aromatic rings. The maximum Gasteiger partial charge on any atom is 0.231 e. The highest BCUT2D eigenvalue weighted by molar-refractivity contribution is 7.22. The van der Waals surface area contributed by atoms with Crippen LogP contribution >= 0.6 is 11.3 Å². The molecule has 24 heavy (non-hydrogen) atoms. The van der Waals surface area contributed by atoms with E-state index in [1.54, 1.807) is 18.4 Å². The molecule has 0 spiro atoms. The third kappa shape index (κ3) is 2.80. The van der Waals surface area contributed by atoms with Gasteiger partial charge >= 0.3 is 0 Å². The number of nitrogens with one attached hydrogen (secondary N) is 1. The van der Waals surface area contributed by atoms with Gasteiger partial charge in [0.25, 0.3) is 0 Å². The zero-order valence-electron chi connectivity index (χ0n) is 13.2. The highest BCUT2D eigenvalue weighted by Gasteiger charge is 2.34. The van der Waals surface area contributed by atoms with Gasteiger partial charge in [0.05, 0.1) is 23.2 Å². The predicted octanol–water partition coefficient (Wildman–Crippen LogP) is 3.38. The number of fused-ring (bicyclic) bond motifs is 1. The van der Waals surface area contributed by atoms with Crippen molar-refractivity contribution in [1.29, 1.82) is 0 Å². The number of benzene rings is 2. The van der Waals surface area contributed by atoms with Crippen molar-refractivity contribution in [2.24, 2.45) is 5.92 Å². The summed E-state index contributed by atoms with van der Waals surface area (Å²) in [4.78, 5) is 19.1. The van der Waals surface area contributed by atoms with Crippen LogP contribution in [0.2, 0.25) is 0 Å². The van der Waals surface area contributed by atoms with Crippen molar-refractivity contribution >= 4 is 38.3 Å². The lowest BCUT2D eigenvalue weighted by Crippen LogP contribution is -2.52. The fourth-order valence-electron chi connectivity index (χ4n) is 2.74. The third-order valence-electron chi connectivity index (χ3n) is 4.14. The lowest BCUT2D eigenvalue weighted by Gasteiger charge is -2.37. The lowest BCUT2D eigenvalue weighted by atomic mass is 10.00. The first-order valence-electron chi connectivity index (χ1n) is 7.78. The summed E-state index contributed by atoms with van der Waals surface area (Å²) in [7, 11) is 1.61. The van der Waals surface area contributed by atoms with Crippen molar-refractivity contribution in [3.05, 3.63) is 48.5 Å². The normalized spacial score (nSPS) is 14.5. The molecule has 0 radical (unpaired) electrons. The monoisotopic (exact) mass is 339 g/mol. The molecule has 6 heteroatoms. The Morgan fingerprint density at radius 2 is 2.08 bits per heavy atom. The number of nitrogens with zero attached hydrogens (tertiary/aromatic N) is 2. The minimum Gasteiger partial charge on any atom is -0.497 e. The Kier molecular flexibility index (Phi) is 3.82. The number of aromatic nitrogens is 1. The Bertz CT molecular complexity index is 854. The smallest absolute Gasteiger partial charge is 0.231 e. The number of anilines is 2. The Morgan fingerprint density at radius 3 is 2.88 bits per heavy atom. The zero-order valence-corrected chi connectivity index (χ0v) is 14.0. The quantitative estimate of drug-likeness (QED) is 0.792. The van der Waals surface area contributed by atoms with E-state index in [-0.39, 0.29) is 11.8 Å². The first-order chi connectivity index (χ1) is 11.7. The number of hydrogen-bond acceptors (Lipinski definition) is 5. The molecule has 0 atom stereocenters. The van der Waals surface area contributed by atoms with Crippen LogP contribution in [-0.4, -0.2) is 31.1 Å².